The summed E-state index contributed by atoms with van der Waals surface area (Å²) < 4.78 is 78.5. The number of halogens is 6. The van der Waals surface area contributed by atoms with Crippen molar-refractivity contribution in [1.29, 1.82) is 0 Å². The molecule has 3 aromatic heterocycles. The Balaban J connectivity index is 0.000000201. The zero-order valence-electron chi connectivity index (χ0n) is 24.0. The third-order valence-electron chi connectivity index (χ3n) is 5.76. The first-order valence-corrected chi connectivity index (χ1v) is 13.3. The molecule has 0 unspecified atom stereocenters. The molecule has 238 valence electrons. The number of hydrogen-bond acceptors (Lipinski definition) is 6. The minimum absolute atomic E-state index is 0.00377. The van der Waals surface area contributed by atoms with Crippen molar-refractivity contribution in [2.24, 2.45) is 0 Å². The number of rotatable bonds is 7. The summed E-state index contributed by atoms with van der Waals surface area (Å²) in [6, 6.07) is 20.6. The van der Waals surface area contributed by atoms with Crippen molar-refractivity contribution >= 4 is 11.8 Å². The van der Waals surface area contributed by atoms with E-state index >= 15 is 0 Å². The minimum atomic E-state index is -4.85. The zero-order chi connectivity index (χ0) is 33.0. The van der Waals surface area contributed by atoms with Gasteiger partial charge in [-0.15, -0.1) is 0 Å². The van der Waals surface area contributed by atoms with Crippen molar-refractivity contribution in [3.8, 4) is 11.5 Å². The second kappa shape index (κ2) is 15.5. The zero-order valence-corrected chi connectivity index (χ0v) is 24.0. The van der Waals surface area contributed by atoms with Gasteiger partial charge in [0.25, 0.3) is 0 Å². The topological polar surface area (TPSA) is 108 Å². The van der Waals surface area contributed by atoms with E-state index in [4.69, 9.17) is 0 Å². The molecule has 0 saturated carbocycles. The molecule has 0 saturated heterocycles. The number of esters is 1. The number of H-pyrrole nitrogens is 1. The van der Waals surface area contributed by atoms with Gasteiger partial charge in [0.15, 0.2) is 17.4 Å². The van der Waals surface area contributed by atoms with Crippen LogP contribution < -0.4 is 0 Å². The first-order valence-electron chi connectivity index (χ1n) is 13.3. The highest BCUT2D eigenvalue weighted by molar-refractivity contribution is 5.90. The number of benzene rings is 2. The summed E-state index contributed by atoms with van der Waals surface area (Å²) in [6.45, 7) is 3.80. The smallest absolute Gasteiger partial charge is 0.459 e. The van der Waals surface area contributed by atoms with Crippen molar-refractivity contribution in [2.75, 3.05) is 6.61 Å². The summed E-state index contributed by atoms with van der Waals surface area (Å²) in [4.78, 5) is 29.1. The Hall–Kier alpha value is -5.21. The molecule has 3 heterocycles. The van der Waals surface area contributed by atoms with Gasteiger partial charge in [0.05, 0.1) is 6.61 Å². The number of carbonyl (C=O) groups excluding carboxylic acids is 2. The molecule has 0 amide bonds. The van der Waals surface area contributed by atoms with Crippen LogP contribution in [0.5, 0.6) is 0 Å². The molecule has 0 aliphatic carbocycles. The highest BCUT2D eigenvalue weighted by Gasteiger charge is 2.40. The van der Waals surface area contributed by atoms with Crippen LogP contribution in [-0.2, 0) is 28.8 Å². The van der Waals surface area contributed by atoms with E-state index in [-0.39, 0.29) is 18.1 Å². The Morgan fingerprint density at radius 3 is 1.82 bits per heavy atom. The number of alkyl halides is 6. The lowest BCUT2D eigenvalue weighted by Gasteiger charge is -2.06. The number of aromatic nitrogens is 6. The molecule has 45 heavy (non-hydrogen) atoms. The fourth-order valence-corrected chi connectivity index (χ4v) is 3.77. The van der Waals surface area contributed by atoms with Crippen LogP contribution in [0.4, 0.5) is 26.3 Å². The maximum atomic E-state index is 12.6. The van der Waals surface area contributed by atoms with E-state index in [2.05, 4.69) is 19.8 Å². The lowest BCUT2D eigenvalue weighted by Crippen LogP contribution is -2.25. The lowest BCUT2D eigenvalue weighted by molar-refractivity contribution is -0.199. The number of aromatic amines is 1. The normalized spacial score (nSPS) is 11.1. The van der Waals surface area contributed by atoms with E-state index in [1.54, 1.807) is 23.2 Å². The standard InChI is InChI=1S/C14H11F3N4.C12H12N2O.C4H5F3O2/c15-14(16,17)12-8-11(19-20-12)13-18-6-7-21(13)9-10-4-2-1-3-5-10;1-10(15)12-13-7-8-14(12)9-11-5-3-2-4-6-11;1-2-9-3(8)4(5,6)7/h1-8H,9H2,(H,19,20);2-8H,9H2,1H3;2H2,1H3. The van der Waals surface area contributed by atoms with Gasteiger partial charge in [-0.25, -0.2) is 14.8 Å². The second-order valence-corrected chi connectivity index (χ2v) is 9.17. The molecule has 2 aromatic carbocycles. The molecule has 5 aromatic rings. The predicted octanol–water partition coefficient (Wildman–Crippen LogP) is 6.59. The van der Waals surface area contributed by atoms with Gasteiger partial charge in [-0.05, 0) is 24.1 Å². The molecule has 0 aliphatic rings. The molecule has 0 bridgehead atoms. The SMILES string of the molecule is CC(=O)c1nccn1Cc1ccccc1.CCOC(=O)C(F)(F)F.FC(F)(F)c1cc(-c2nccn2Cc2ccccc2)n[nH]1. The van der Waals surface area contributed by atoms with Gasteiger partial charge in [0, 0.05) is 44.8 Å². The molecule has 1 N–H and O–H groups in total. The third kappa shape index (κ3) is 10.5. The largest absolute Gasteiger partial charge is 0.490 e. The molecule has 15 heteroatoms. The Bertz CT molecular complexity index is 1640. The molecule has 0 radical (unpaired) electrons. The van der Waals surface area contributed by atoms with E-state index in [1.807, 2.05) is 76.5 Å². The highest BCUT2D eigenvalue weighted by Crippen LogP contribution is 2.30. The van der Waals surface area contributed by atoms with E-state index in [0.29, 0.717) is 24.7 Å². The van der Waals surface area contributed by atoms with Crippen LogP contribution in [0.25, 0.3) is 11.5 Å². The fraction of sp³-hybridized carbons (Fsp3) is 0.233. The number of nitrogens with zero attached hydrogens (tertiary/aromatic N) is 5. The van der Waals surface area contributed by atoms with Gasteiger partial charge in [0.1, 0.15) is 11.4 Å². The Morgan fingerprint density at radius 2 is 1.36 bits per heavy atom. The van der Waals surface area contributed by atoms with E-state index in [0.717, 1.165) is 17.2 Å². The Labute approximate surface area is 253 Å². The predicted molar refractivity (Wildman–Crippen MR) is 151 cm³/mol. The molecule has 0 spiro atoms. The van der Waals surface area contributed by atoms with E-state index in [1.165, 1.54) is 13.8 Å². The summed E-state index contributed by atoms with van der Waals surface area (Å²) in [6.07, 6.45) is -2.56. The third-order valence-corrected chi connectivity index (χ3v) is 5.76. The minimum Gasteiger partial charge on any atom is -0.459 e. The molecular formula is C30H28F6N6O3. The average Bonchev–Trinajstić information content (AvgIpc) is 3.76. The number of ketones is 1. The molecule has 0 fully saturated rings. The summed E-state index contributed by atoms with van der Waals surface area (Å²) in [7, 11) is 0. The number of imidazole rings is 2. The lowest BCUT2D eigenvalue weighted by atomic mass is 10.2. The van der Waals surface area contributed by atoms with Crippen LogP contribution in [0.2, 0.25) is 0 Å². The monoisotopic (exact) mass is 634 g/mol. The van der Waals surface area contributed by atoms with Crippen LogP contribution in [0.15, 0.2) is 91.5 Å². The van der Waals surface area contributed by atoms with Gasteiger partial charge in [-0.1, -0.05) is 60.7 Å². The first-order chi connectivity index (χ1) is 21.3. The molecule has 0 aliphatic heterocycles. The van der Waals surface area contributed by atoms with E-state index < -0.39 is 24.0 Å². The molecule has 0 atom stereocenters. The number of hydrogen-bond donors (Lipinski definition) is 1. The van der Waals surface area contributed by atoms with Gasteiger partial charge in [-0.3, -0.25) is 9.89 Å². The first kappa shape index (κ1) is 34.3. The maximum absolute atomic E-state index is 12.6. The van der Waals surface area contributed by atoms with Gasteiger partial charge < -0.3 is 13.9 Å². The van der Waals surface area contributed by atoms with Gasteiger partial charge in [0.2, 0.25) is 0 Å². The van der Waals surface area contributed by atoms with Crippen LogP contribution in [-0.4, -0.2) is 53.8 Å². The number of nitrogens with one attached hydrogen (secondary N) is 1. The summed E-state index contributed by atoms with van der Waals surface area (Å²) >= 11 is 0. The Morgan fingerprint density at radius 1 is 0.822 bits per heavy atom. The number of carbonyl (C=O) groups is 2. The second-order valence-electron chi connectivity index (χ2n) is 9.17. The maximum Gasteiger partial charge on any atom is 0.490 e. The van der Waals surface area contributed by atoms with Crippen molar-refractivity contribution in [2.45, 2.75) is 39.3 Å². The van der Waals surface area contributed by atoms with Crippen molar-refractivity contribution in [1.82, 2.24) is 29.3 Å². The van der Waals surface area contributed by atoms with Crippen molar-refractivity contribution < 1.29 is 40.7 Å². The van der Waals surface area contributed by atoms with Crippen molar-refractivity contribution in [3.05, 3.63) is 114 Å². The van der Waals surface area contributed by atoms with Crippen LogP contribution in [0.1, 0.15) is 41.3 Å². The fourth-order valence-electron chi connectivity index (χ4n) is 3.77. The number of ether oxygens (including phenoxy) is 1. The van der Waals surface area contributed by atoms with Gasteiger partial charge in [-0.2, -0.15) is 31.4 Å². The summed E-state index contributed by atoms with van der Waals surface area (Å²) in [5.74, 6) is -1.23. The molecule has 9 nitrogen and oxygen atoms in total. The van der Waals surface area contributed by atoms with Crippen LogP contribution >= 0.6 is 0 Å². The van der Waals surface area contributed by atoms with Crippen molar-refractivity contribution in [3.63, 3.8) is 0 Å². The highest BCUT2D eigenvalue weighted by atomic mass is 19.4. The average molecular weight is 635 g/mol. The molecule has 5 rings (SSSR count). The van der Waals surface area contributed by atoms with Crippen LogP contribution in [0, 0.1) is 0 Å². The van der Waals surface area contributed by atoms with Crippen LogP contribution in [0.3, 0.4) is 0 Å². The van der Waals surface area contributed by atoms with E-state index in [9.17, 15) is 35.9 Å². The quantitative estimate of drug-likeness (QED) is 0.123. The number of Topliss-reactive ketones (excluding diaryl/α,β-unsaturated/α-hetero) is 1. The summed E-state index contributed by atoms with van der Waals surface area (Å²) in [5, 5.41) is 5.70. The Kier molecular flexibility index (Phi) is 11.8. The summed E-state index contributed by atoms with van der Waals surface area (Å²) in [5.41, 5.74) is 1.48. The van der Waals surface area contributed by atoms with Gasteiger partial charge >= 0.3 is 18.3 Å². The molecular weight excluding hydrogens is 606 g/mol.